The van der Waals surface area contributed by atoms with E-state index in [-0.39, 0.29) is 0 Å². The van der Waals surface area contributed by atoms with Gasteiger partial charge in [-0.2, -0.15) is 0 Å². The molecule has 0 aliphatic rings. The van der Waals surface area contributed by atoms with Crippen molar-refractivity contribution in [3.05, 3.63) is 39.9 Å². The van der Waals surface area contributed by atoms with Crippen molar-refractivity contribution in [2.45, 2.75) is 0 Å². The smallest absolute Gasteiger partial charge is 0.141 e. The highest BCUT2D eigenvalue weighted by atomic mass is 127. The molecule has 2 aromatic carbocycles. The molecule has 0 radical (unpaired) electrons. The third kappa shape index (κ3) is 3.85. The molecule has 4 nitrogen and oxygen atoms in total. The molecule has 8 heteroatoms. The molecule has 0 saturated heterocycles. The highest BCUT2D eigenvalue weighted by Gasteiger charge is 2.19. The lowest BCUT2D eigenvalue weighted by atomic mass is 10.0. The average molecular weight is 483 g/mol. The van der Waals surface area contributed by atoms with Crippen molar-refractivity contribution in [1.82, 2.24) is 0 Å². The Morgan fingerprint density at radius 1 is 1.13 bits per heavy atom. The Morgan fingerprint density at radius 2 is 1.74 bits per heavy atom. The second-order valence-corrected chi connectivity index (χ2v) is 7.26. The summed E-state index contributed by atoms with van der Waals surface area (Å²) in [7, 11) is 3.08. The van der Waals surface area contributed by atoms with Crippen molar-refractivity contribution >= 4 is 63.5 Å². The van der Waals surface area contributed by atoms with E-state index in [0.29, 0.717) is 33.5 Å². The standard InChI is InChI=1S/C15H14Cl2IN2O2P/c1-21-11-6-12(22-2)15(17)13(14(11)16)8-3-4-9(7-19)10(5-8)20-23-18/h3-7,19-20,23H,1-2H3. The SMILES string of the molecule is COc1cc(OC)c(Cl)c(-c2ccc(C=N)c(NPI)c2)c1Cl. The third-order valence-corrected chi connectivity index (χ3v) is 5.18. The maximum Gasteiger partial charge on any atom is 0.141 e. The molecule has 0 amide bonds. The highest BCUT2D eigenvalue weighted by Crippen LogP contribution is 2.46. The zero-order chi connectivity index (χ0) is 17.0. The van der Waals surface area contributed by atoms with Gasteiger partial charge in [0.25, 0.3) is 0 Å². The zero-order valence-corrected chi connectivity index (χ0v) is 17.0. The second-order valence-electron chi connectivity index (χ2n) is 4.45. The molecule has 0 spiro atoms. The van der Waals surface area contributed by atoms with E-state index < -0.39 is 0 Å². The lowest BCUT2D eigenvalue weighted by Gasteiger charge is -2.16. The van der Waals surface area contributed by atoms with Crippen LogP contribution in [0.4, 0.5) is 5.69 Å². The number of nitrogens with one attached hydrogen (secondary N) is 2. The van der Waals surface area contributed by atoms with E-state index in [9.17, 15) is 0 Å². The molecule has 0 heterocycles. The van der Waals surface area contributed by atoms with Crippen LogP contribution in [0.5, 0.6) is 11.5 Å². The van der Waals surface area contributed by atoms with Gasteiger partial charge in [0, 0.05) is 35.5 Å². The van der Waals surface area contributed by atoms with E-state index in [1.54, 1.807) is 20.3 Å². The molecule has 2 rings (SSSR count). The first-order valence-corrected chi connectivity index (χ1v) is 11.3. The molecule has 23 heavy (non-hydrogen) atoms. The van der Waals surface area contributed by atoms with Gasteiger partial charge in [0.2, 0.25) is 0 Å². The fourth-order valence-electron chi connectivity index (χ4n) is 2.14. The fraction of sp³-hybridized carbons (Fsp3) is 0.133. The van der Waals surface area contributed by atoms with Gasteiger partial charge in [-0.05, 0) is 33.7 Å². The van der Waals surface area contributed by atoms with E-state index in [2.05, 4.69) is 27.1 Å². The van der Waals surface area contributed by atoms with Gasteiger partial charge in [0.05, 0.1) is 24.3 Å². The lowest BCUT2D eigenvalue weighted by molar-refractivity contribution is 0.395. The van der Waals surface area contributed by atoms with Gasteiger partial charge >= 0.3 is 0 Å². The van der Waals surface area contributed by atoms with Crippen molar-refractivity contribution in [3.63, 3.8) is 0 Å². The maximum absolute atomic E-state index is 7.49. The van der Waals surface area contributed by atoms with Crippen LogP contribution >= 0.6 is 51.6 Å². The Kier molecular flexibility index (Phi) is 6.77. The molecule has 0 aliphatic carbocycles. The van der Waals surface area contributed by atoms with Crippen LogP contribution in [0.2, 0.25) is 10.0 Å². The summed E-state index contributed by atoms with van der Waals surface area (Å²) in [6.07, 6.45) is 1.78. The number of hydrogen-bond acceptors (Lipinski definition) is 4. The predicted molar refractivity (Wildman–Crippen MR) is 109 cm³/mol. The van der Waals surface area contributed by atoms with Gasteiger partial charge in [-0.25, -0.2) is 0 Å². The molecule has 122 valence electrons. The first kappa shape index (κ1) is 18.6. The molecule has 0 saturated carbocycles. The molecule has 2 aromatic rings. The Bertz CT molecular complexity index is 716. The number of benzene rings is 2. The van der Waals surface area contributed by atoms with Crippen LogP contribution < -0.4 is 14.6 Å². The first-order chi connectivity index (χ1) is 11.1. The van der Waals surface area contributed by atoms with E-state index in [1.165, 1.54) is 6.21 Å². The quantitative estimate of drug-likeness (QED) is 0.300. The van der Waals surface area contributed by atoms with Gasteiger partial charge in [-0.15, -0.1) is 0 Å². The molecular formula is C15H14Cl2IN2O2P. The van der Waals surface area contributed by atoms with E-state index in [1.807, 2.05) is 18.2 Å². The summed E-state index contributed by atoms with van der Waals surface area (Å²) in [5.41, 5.74) is 3.10. The number of halogens is 3. The summed E-state index contributed by atoms with van der Waals surface area (Å²) in [5.74, 6) is 0.980. The number of methoxy groups -OCH3 is 2. The molecule has 0 aromatic heterocycles. The van der Waals surface area contributed by atoms with Gasteiger partial charge in [0.15, 0.2) is 0 Å². The van der Waals surface area contributed by atoms with Crippen LogP contribution in [-0.4, -0.2) is 20.4 Å². The molecule has 2 N–H and O–H groups in total. The topological polar surface area (TPSA) is 54.3 Å². The summed E-state index contributed by atoms with van der Waals surface area (Å²) < 4.78 is 10.6. The Morgan fingerprint density at radius 3 is 2.22 bits per heavy atom. The average Bonchev–Trinajstić information content (AvgIpc) is 2.56. The number of rotatable bonds is 6. The van der Waals surface area contributed by atoms with E-state index in [4.69, 9.17) is 38.1 Å². The van der Waals surface area contributed by atoms with E-state index in [0.717, 1.165) is 16.8 Å². The number of hydrogen-bond donors (Lipinski definition) is 2. The summed E-state index contributed by atoms with van der Waals surface area (Å²) in [4.78, 5) is 0. The monoisotopic (exact) mass is 482 g/mol. The molecule has 0 bridgehead atoms. The summed E-state index contributed by atoms with van der Waals surface area (Å²) in [6.45, 7) is 0. The van der Waals surface area contributed by atoms with Gasteiger partial charge in [-0.3, -0.25) is 0 Å². The normalized spacial score (nSPS) is 10.8. The minimum absolute atomic E-state index is 0.420. The minimum Gasteiger partial charge on any atom is -0.495 e. The predicted octanol–water partition coefficient (Wildman–Crippen LogP) is 6.03. The van der Waals surface area contributed by atoms with Gasteiger partial charge < -0.3 is 20.0 Å². The van der Waals surface area contributed by atoms with E-state index >= 15 is 0 Å². The van der Waals surface area contributed by atoms with Gasteiger partial charge in [-0.1, -0.05) is 35.3 Å². The highest BCUT2D eigenvalue weighted by molar-refractivity contribution is 14.2. The summed E-state index contributed by atoms with van der Waals surface area (Å²) in [5, 5.41) is 11.6. The number of ether oxygens (including phenoxy) is 2. The first-order valence-electron chi connectivity index (χ1n) is 6.43. The molecular weight excluding hydrogens is 469 g/mol. The number of anilines is 1. The van der Waals surface area contributed by atoms with Crippen LogP contribution in [0, 0.1) is 5.41 Å². The molecule has 1 unspecified atom stereocenters. The van der Waals surface area contributed by atoms with Crippen LogP contribution in [0.1, 0.15) is 5.56 Å². The van der Waals surface area contributed by atoms with Crippen LogP contribution in [-0.2, 0) is 0 Å². The fourth-order valence-corrected chi connectivity index (χ4v) is 4.04. The largest absolute Gasteiger partial charge is 0.495 e. The van der Waals surface area contributed by atoms with Crippen LogP contribution in [0.3, 0.4) is 0 Å². The maximum atomic E-state index is 7.49. The lowest BCUT2D eigenvalue weighted by Crippen LogP contribution is -1.95. The van der Waals surface area contributed by atoms with Gasteiger partial charge in [0.1, 0.15) is 11.5 Å². The summed E-state index contributed by atoms with van der Waals surface area (Å²) >= 11 is 15.1. The van der Waals surface area contributed by atoms with Crippen molar-refractivity contribution in [1.29, 1.82) is 5.41 Å². The minimum atomic E-state index is 0.420. The third-order valence-electron chi connectivity index (χ3n) is 3.25. The summed E-state index contributed by atoms with van der Waals surface area (Å²) in [6, 6.07) is 7.29. The molecule has 1 atom stereocenters. The molecule has 0 aliphatic heterocycles. The van der Waals surface area contributed by atoms with Crippen molar-refractivity contribution in [3.8, 4) is 22.6 Å². The van der Waals surface area contributed by atoms with Crippen molar-refractivity contribution in [2.75, 3.05) is 19.3 Å². The van der Waals surface area contributed by atoms with Crippen molar-refractivity contribution < 1.29 is 9.47 Å². The molecule has 0 fully saturated rings. The Hall–Kier alpha value is -0.750. The van der Waals surface area contributed by atoms with Crippen LogP contribution in [0.25, 0.3) is 11.1 Å². The Labute approximate surface area is 159 Å². The zero-order valence-electron chi connectivity index (χ0n) is 12.3. The van der Waals surface area contributed by atoms with Crippen molar-refractivity contribution in [2.24, 2.45) is 0 Å². The van der Waals surface area contributed by atoms with Crippen LogP contribution in [0.15, 0.2) is 24.3 Å². The second kappa shape index (κ2) is 8.38. The Balaban J connectivity index is 2.70.